The van der Waals surface area contributed by atoms with Crippen molar-refractivity contribution in [3.63, 3.8) is 0 Å². The number of rotatable bonds is 6. The highest BCUT2D eigenvalue weighted by atomic mass is 19.4. The summed E-state index contributed by atoms with van der Waals surface area (Å²) in [7, 11) is 0. The SMILES string of the molecule is C=CCc1c2cccc1NC1(Oc3cc(OC(F)(F)F)ccc3-c3ccccc3)C=CC(N)(C=C1N)N2. The van der Waals surface area contributed by atoms with E-state index in [4.69, 9.17) is 16.2 Å². The summed E-state index contributed by atoms with van der Waals surface area (Å²) in [4.78, 5) is 0. The summed E-state index contributed by atoms with van der Waals surface area (Å²) in [6.45, 7) is 3.85. The molecule has 4 bridgehead atoms. The minimum Gasteiger partial charge on any atom is -0.458 e. The van der Waals surface area contributed by atoms with Gasteiger partial charge < -0.3 is 31.6 Å². The van der Waals surface area contributed by atoms with E-state index in [0.29, 0.717) is 17.7 Å². The van der Waals surface area contributed by atoms with Gasteiger partial charge in [-0.2, -0.15) is 0 Å². The number of halogens is 3. The molecule has 0 amide bonds. The molecule has 3 aliphatic rings. The van der Waals surface area contributed by atoms with Crippen molar-refractivity contribution in [2.45, 2.75) is 24.2 Å². The highest BCUT2D eigenvalue weighted by Crippen LogP contribution is 2.42. The van der Waals surface area contributed by atoms with E-state index in [0.717, 1.165) is 16.8 Å². The van der Waals surface area contributed by atoms with Gasteiger partial charge >= 0.3 is 6.36 Å². The van der Waals surface area contributed by atoms with Crippen LogP contribution in [-0.4, -0.2) is 17.8 Å². The molecular formula is C28H25F3N4O2. The van der Waals surface area contributed by atoms with Gasteiger partial charge in [0.2, 0.25) is 5.72 Å². The van der Waals surface area contributed by atoms with Crippen LogP contribution in [0, 0.1) is 0 Å². The lowest BCUT2D eigenvalue weighted by Gasteiger charge is -2.39. The number of hydrogen-bond donors (Lipinski definition) is 4. The average Bonchev–Trinajstić information content (AvgIpc) is 2.86. The maximum Gasteiger partial charge on any atom is 0.573 e. The van der Waals surface area contributed by atoms with Gasteiger partial charge in [0.25, 0.3) is 0 Å². The smallest absolute Gasteiger partial charge is 0.458 e. The Balaban J connectivity index is 1.66. The second-order valence-corrected chi connectivity index (χ2v) is 8.85. The minimum atomic E-state index is -4.87. The lowest BCUT2D eigenvalue weighted by atomic mass is 9.95. The third-order valence-corrected chi connectivity index (χ3v) is 6.16. The molecule has 2 heterocycles. The zero-order chi connectivity index (χ0) is 26.3. The van der Waals surface area contributed by atoms with Gasteiger partial charge in [0, 0.05) is 28.6 Å². The maximum atomic E-state index is 13.0. The molecule has 3 aromatic carbocycles. The van der Waals surface area contributed by atoms with Gasteiger partial charge in [0.15, 0.2) is 0 Å². The highest BCUT2D eigenvalue weighted by molar-refractivity contribution is 5.74. The second-order valence-electron chi connectivity index (χ2n) is 8.85. The van der Waals surface area contributed by atoms with Gasteiger partial charge in [-0.15, -0.1) is 19.8 Å². The number of hydrogen-bond acceptors (Lipinski definition) is 6. The molecule has 0 saturated heterocycles. The van der Waals surface area contributed by atoms with E-state index in [9.17, 15) is 13.2 Å². The van der Waals surface area contributed by atoms with Gasteiger partial charge in [-0.1, -0.05) is 42.5 Å². The normalized spacial score (nSPS) is 22.0. The Labute approximate surface area is 212 Å². The van der Waals surface area contributed by atoms with Gasteiger partial charge in [-0.25, -0.2) is 0 Å². The summed E-state index contributed by atoms with van der Waals surface area (Å²) >= 11 is 0. The van der Waals surface area contributed by atoms with Crippen LogP contribution < -0.4 is 31.6 Å². The van der Waals surface area contributed by atoms with Gasteiger partial charge in [-0.3, -0.25) is 0 Å². The summed E-state index contributed by atoms with van der Waals surface area (Å²) in [5.41, 5.74) is 14.4. The first-order chi connectivity index (χ1) is 17.6. The fraction of sp³-hybridized carbons (Fsp3) is 0.143. The molecule has 0 spiro atoms. The molecule has 1 aliphatic carbocycles. The second kappa shape index (κ2) is 8.94. The van der Waals surface area contributed by atoms with Crippen molar-refractivity contribution in [3.8, 4) is 22.6 Å². The van der Waals surface area contributed by atoms with Crippen LogP contribution in [0.3, 0.4) is 0 Å². The van der Waals surface area contributed by atoms with Crippen LogP contribution in [0.5, 0.6) is 11.5 Å². The van der Waals surface area contributed by atoms with E-state index in [2.05, 4.69) is 21.9 Å². The van der Waals surface area contributed by atoms with Crippen LogP contribution in [0.15, 0.2) is 103 Å². The number of anilines is 2. The van der Waals surface area contributed by atoms with E-state index >= 15 is 0 Å². The first kappa shape index (κ1) is 24.3. The molecular weight excluding hydrogens is 481 g/mol. The first-order valence-electron chi connectivity index (χ1n) is 11.5. The summed E-state index contributed by atoms with van der Waals surface area (Å²) in [5, 5.41) is 6.68. The van der Waals surface area contributed by atoms with Crippen molar-refractivity contribution in [2.24, 2.45) is 11.5 Å². The van der Waals surface area contributed by atoms with E-state index in [1.54, 1.807) is 24.3 Å². The standard InChI is InChI=1S/C28H25F3N4O2/c1-2-7-21-22-10-6-11-23(21)35-27(15-14-26(33,34-22)17-25(27)32)37-24-16-19(36-28(29,30)31)12-13-20(24)18-8-4-3-5-9-18/h2-6,8-17,34-35H,1,7,32-33H2. The van der Waals surface area contributed by atoms with Crippen LogP contribution in [0.25, 0.3) is 11.1 Å². The summed E-state index contributed by atoms with van der Waals surface area (Å²) in [5.74, 6) is -0.298. The largest absolute Gasteiger partial charge is 0.573 e. The fourth-order valence-corrected chi connectivity index (χ4v) is 4.51. The fourth-order valence-electron chi connectivity index (χ4n) is 4.51. The van der Waals surface area contributed by atoms with E-state index in [1.165, 1.54) is 18.2 Å². The van der Waals surface area contributed by atoms with Crippen LogP contribution in [0.1, 0.15) is 5.56 Å². The molecule has 37 heavy (non-hydrogen) atoms. The topological polar surface area (TPSA) is 94.6 Å². The van der Waals surface area contributed by atoms with Crippen LogP contribution in [0.4, 0.5) is 24.5 Å². The molecule has 2 atom stereocenters. The predicted molar refractivity (Wildman–Crippen MR) is 138 cm³/mol. The molecule has 6 rings (SSSR count). The molecule has 190 valence electrons. The molecule has 6 nitrogen and oxygen atoms in total. The van der Waals surface area contributed by atoms with E-state index < -0.39 is 23.5 Å². The summed E-state index contributed by atoms with van der Waals surface area (Å²) in [6.07, 6.45) is 2.39. The van der Waals surface area contributed by atoms with Gasteiger partial charge in [-0.05, 0) is 54.5 Å². The maximum absolute atomic E-state index is 13.0. The highest BCUT2D eigenvalue weighted by Gasteiger charge is 2.42. The third kappa shape index (κ3) is 4.85. The molecule has 9 heteroatoms. The van der Waals surface area contributed by atoms with Gasteiger partial charge in [0.1, 0.15) is 17.2 Å². The van der Waals surface area contributed by atoms with Crippen LogP contribution >= 0.6 is 0 Å². The lowest BCUT2D eigenvalue weighted by Crippen LogP contribution is -2.54. The van der Waals surface area contributed by atoms with Crippen molar-refractivity contribution in [2.75, 3.05) is 10.6 Å². The van der Waals surface area contributed by atoms with Crippen molar-refractivity contribution in [1.29, 1.82) is 0 Å². The number of benzene rings is 3. The first-order valence-corrected chi connectivity index (χ1v) is 11.5. The number of nitrogens with two attached hydrogens (primary N) is 2. The minimum absolute atomic E-state index is 0.125. The summed E-state index contributed by atoms with van der Waals surface area (Å²) < 4.78 is 49.8. The Bertz CT molecular complexity index is 1400. The molecule has 2 aliphatic heterocycles. The monoisotopic (exact) mass is 506 g/mol. The average molecular weight is 507 g/mol. The van der Waals surface area contributed by atoms with Crippen LogP contribution in [-0.2, 0) is 6.42 Å². The number of nitrogens with one attached hydrogen (secondary N) is 2. The number of alkyl halides is 3. The van der Waals surface area contributed by atoms with Crippen molar-refractivity contribution >= 4 is 11.4 Å². The Kier molecular flexibility index (Phi) is 5.88. The Morgan fingerprint density at radius 3 is 2.35 bits per heavy atom. The predicted octanol–water partition coefficient (Wildman–Crippen LogP) is 5.66. The molecule has 2 unspecified atom stereocenters. The molecule has 0 radical (unpaired) electrons. The number of allylic oxidation sites excluding steroid dienone is 1. The Hall–Kier alpha value is -4.37. The van der Waals surface area contributed by atoms with Crippen molar-refractivity contribution in [3.05, 3.63) is 109 Å². The van der Waals surface area contributed by atoms with E-state index in [1.807, 2.05) is 48.5 Å². The zero-order valence-corrected chi connectivity index (χ0v) is 19.7. The van der Waals surface area contributed by atoms with Gasteiger partial charge in [0.05, 0.1) is 5.70 Å². The zero-order valence-electron chi connectivity index (χ0n) is 19.7. The van der Waals surface area contributed by atoms with Crippen molar-refractivity contribution in [1.82, 2.24) is 0 Å². The lowest BCUT2D eigenvalue weighted by molar-refractivity contribution is -0.274. The molecule has 0 aromatic heterocycles. The molecule has 0 saturated carbocycles. The van der Waals surface area contributed by atoms with Crippen LogP contribution in [0.2, 0.25) is 0 Å². The number of ether oxygens (including phenoxy) is 2. The molecule has 6 N–H and O–H groups in total. The Morgan fingerprint density at radius 1 is 0.946 bits per heavy atom. The quantitative estimate of drug-likeness (QED) is 0.322. The Morgan fingerprint density at radius 2 is 1.68 bits per heavy atom. The molecule has 3 aromatic rings. The van der Waals surface area contributed by atoms with E-state index in [-0.39, 0.29) is 11.4 Å². The summed E-state index contributed by atoms with van der Waals surface area (Å²) in [6, 6.07) is 18.7. The molecule has 0 fully saturated rings. The third-order valence-electron chi connectivity index (χ3n) is 6.16. The van der Waals surface area contributed by atoms with Crippen molar-refractivity contribution < 1.29 is 22.6 Å².